The summed E-state index contributed by atoms with van der Waals surface area (Å²) in [6, 6.07) is 0. The second kappa shape index (κ2) is 0.906. The van der Waals surface area contributed by atoms with Gasteiger partial charge in [-0.2, -0.15) is 0 Å². The van der Waals surface area contributed by atoms with E-state index in [1.54, 1.807) is 0 Å². The Bertz CT molecular complexity index is 155. The number of rotatable bonds is 0. The zero-order valence-corrected chi connectivity index (χ0v) is 4.53. The third-order valence-electron chi connectivity index (χ3n) is 0. The molecule has 0 spiro atoms. The van der Waals surface area contributed by atoms with Crippen molar-refractivity contribution >= 4 is 0 Å². The molecule has 0 aromatic heterocycles. The van der Waals surface area contributed by atoms with Gasteiger partial charge in [-0.1, -0.05) is 0 Å². The van der Waals surface area contributed by atoms with Crippen molar-refractivity contribution in [3.8, 4) is 0 Å². The summed E-state index contributed by atoms with van der Waals surface area (Å²) in [6.45, 7) is 0. The summed E-state index contributed by atoms with van der Waals surface area (Å²) in [4.78, 5) is 0. The van der Waals surface area contributed by atoms with Gasteiger partial charge in [-0.25, -0.2) is 0 Å². The molecule has 0 amide bonds. The van der Waals surface area contributed by atoms with Gasteiger partial charge in [0, 0.05) is 0 Å². The molecular formula is O4Os-4. The first kappa shape index (κ1) is 4.84. The summed E-state index contributed by atoms with van der Waals surface area (Å²) in [5, 5.41) is 0. The summed E-state index contributed by atoms with van der Waals surface area (Å²) in [6.07, 6.45) is 0. The van der Waals surface area contributed by atoms with Gasteiger partial charge < -0.3 is 0 Å². The number of hydrogen-bond acceptors (Lipinski definition) is 4. The molecule has 5 heteroatoms. The van der Waals surface area contributed by atoms with Crippen LogP contribution in [0.4, 0.5) is 0 Å². The molecule has 0 aliphatic carbocycles. The van der Waals surface area contributed by atoms with Crippen LogP contribution in [0.25, 0.3) is 0 Å². The Morgan fingerprint density at radius 3 is 0.800 bits per heavy atom. The van der Waals surface area contributed by atoms with Crippen molar-refractivity contribution in [3.63, 3.8) is 0 Å². The maximum absolute atomic E-state index is 8.63. The van der Waals surface area contributed by atoms with E-state index in [0.29, 0.717) is 0 Å². The van der Waals surface area contributed by atoms with Crippen molar-refractivity contribution in [3.05, 3.63) is 0 Å². The molecule has 4 nitrogen and oxygen atoms in total. The van der Waals surface area contributed by atoms with Crippen LogP contribution < -0.4 is 0 Å². The topological polar surface area (TPSA) is 68.3 Å². The van der Waals surface area contributed by atoms with Crippen LogP contribution in [0, 0.1) is 0 Å². The summed E-state index contributed by atoms with van der Waals surface area (Å²) >= 11 is -6.06. The van der Waals surface area contributed by atoms with Crippen LogP contribution in [0.2, 0.25) is 0 Å². The van der Waals surface area contributed by atoms with Crippen LogP contribution in [0.5, 0.6) is 0 Å². The predicted molar refractivity (Wildman–Crippen MR) is 2.75 cm³/mol. The Morgan fingerprint density at radius 1 is 0.800 bits per heavy atom. The van der Waals surface area contributed by atoms with Crippen LogP contribution in [-0.4, -0.2) is 0 Å². The van der Waals surface area contributed by atoms with Gasteiger partial charge >= 0.3 is 29.0 Å². The van der Waals surface area contributed by atoms with Gasteiger partial charge in [-0.05, 0) is 0 Å². The molecule has 0 rings (SSSR count). The Kier molecular flexibility index (Phi) is 0.876. The number of hydrogen-bond donors (Lipinski definition) is 0. The Morgan fingerprint density at radius 2 is 0.800 bits per heavy atom. The predicted octanol–water partition coefficient (Wildman–Crippen LogP) is -0.478. The maximum atomic E-state index is 8.63. The van der Waals surface area contributed by atoms with Gasteiger partial charge in [-0.3, -0.25) is 0 Å². The van der Waals surface area contributed by atoms with Gasteiger partial charge in [0.05, 0.1) is 0 Å². The Hall–Kier alpha value is -0.164. The molecule has 0 N–H and O–H groups in total. The molecular weight excluding hydrogens is 254 g/mol. The molecule has 0 aliphatic heterocycles. The molecule has 0 radical (unpaired) electrons. The monoisotopic (exact) mass is 256 g/mol. The SMILES string of the molecule is [O]=[Os-4](=[O])(=[O])=[O]. The molecule has 0 aliphatic rings. The van der Waals surface area contributed by atoms with Crippen molar-refractivity contribution in [2.24, 2.45) is 0 Å². The quantitative estimate of drug-likeness (QED) is 0.585. The zero-order valence-electron chi connectivity index (χ0n) is 1.99. The molecule has 0 aromatic carbocycles. The average Bonchev–Trinajstić information content (AvgIpc) is 0.722. The average molecular weight is 254 g/mol. The van der Waals surface area contributed by atoms with Gasteiger partial charge in [0.2, 0.25) is 0 Å². The van der Waals surface area contributed by atoms with Crippen molar-refractivity contribution in [2.45, 2.75) is 0 Å². The fraction of sp³-hybridized carbons (Fsp3) is 0. The standard InChI is InChI=1S/4O.Os/q;;;;-4. The van der Waals surface area contributed by atoms with E-state index in [9.17, 15) is 0 Å². The van der Waals surface area contributed by atoms with Gasteiger partial charge in [0.15, 0.2) is 0 Å². The molecule has 0 unspecified atom stereocenters. The summed E-state index contributed by atoms with van der Waals surface area (Å²) in [5.41, 5.74) is 0. The van der Waals surface area contributed by atoms with E-state index in [4.69, 9.17) is 14.2 Å². The fourth-order valence-corrected chi connectivity index (χ4v) is 0. The third kappa shape index (κ3) is 483. The molecule has 5 heavy (non-hydrogen) atoms. The van der Waals surface area contributed by atoms with Crippen LogP contribution in [0.15, 0.2) is 0 Å². The first-order valence-corrected chi connectivity index (χ1v) is 4.73. The molecule has 0 heterocycles. The van der Waals surface area contributed by atoms with Crippen LogP contribution in [0.3, 0.4) is 0 Å². The summed E-state index contributed by atoms with van der Waals surface area (Å²) in [7, 11) is 0. The van der Waals surface area contributed by atoms with Crippen LogP contribution >= 0.6 is 0 Å². The van der Waals surface area contributed by atoms with E-state index in [1.807, 2.05) is 0 Å². The summed E-state index contributed by atoms with van der Waals surface area (Å²) < 4.78 is 34.5. The first-order chi connectivity index (χ1) is 2.00. The van der Waals surface area contributed by atoms with Gasteiger partial charge in [0.1, 0.15) is 0 Å². The molecule has 0 aromatic rings. The molecule has 0 saturated carbocycles. The van der Waals surface area contributed by atoms with E-state index < -0.39 is 14.8 Å². The van der Waals surface area contributed by atoms with E-state index in [0.717, 1.165) is 0 Å². The van der Waals surface area contributed by atoms with Crippen LogP contribution in [-0.2, 0) is 29.0 Å². The Labute approximate surface area is 29.8 Å². The molecule has 0 fully saturated rings. The van der Waals surface area contributed by atoms with Gasteiger partial charge in [0.25, 0.3) is 0 Å². The molecule has 0 bridgehead atoms. The van der Waals surface area contributed by atoms with Crippen molar-refractivity contribution in [1.82, 2.24) is 0 Å². The second-order valence-corrected chi connectivity index (χ2v) is 2.89. The normalized spacial score (nSPS) is 14.4. The Balaban J connectivity index is 6.05. The first-order valence-electron chi connectivity index (χ1n) is 0.577. The second-order valence-electron chi connectivity index (χ2n) is 0.354. The molecule has 0 saturated heterocycles. The van der Waals surface area contributed by atoms with Crippen LogP contribution in [0.1, 0.15) is 0 Å². The summed E-state index contributed by atoms with van der Waals surface area (Å²) in [5.74, 6) is 0. The van der Waals surface area contributed by atoms with E-state index in [-0.39, 0.29) is 0 Å². The van der Waals surface area contributed by atoms with E-state index in [1.165, 1.54) is 0 Å². The van der Waals surface area contributed by atoms with Crippen molar-refractivity contribution in [1.29, 1.82) is 0 Å². The zero-order chi connectivity index (χ0) is 4.50. The minimum absolute atomic E-state index is 6.06. The van der Waals surface area contributed by atoms with Gasteiger partial charge in [-0.15, -0.1) is 0 Å². The third-order valence-corrected chi connectivity index (χ3v) is 0. The molecule has 36 valence electrons. The molecule has 0 atom stereocenters. The van der Waals surface area contributed by atoms with Crippen molar-refractivity contribution < 1.29 is 29.0 Å². The van der Waals surface area contributed by atoms with E-state index in [2.05, 4.69) is 0 Å². The fourth-order valence-electron chi connectivity index (χ4n) is 0. The van der Waals surface area contributed by atoms with E-state index >= 15 is 0 Å². The minimum atomic E-state index is -6.06. The van der Waals surface area contributed by atoms with Crippen molar-refractivity contribution in [2.75, 3.05) is 0 Å².